The largest absolute Gasteiger partial charge is 0.496 e. The van der Waals surface area contributed by atoms with E-state index >= 15 is 0 Å². The normalized spacial score (nSPS) is 11.4. The molecule has 0 fully saturated rings. The zero-order valence-corrected chi connectivity index (χ0v) is 9.96. The summed E-state index contributed by atoms with van der Waals surface area (Å²) in [5.74, 6) is -0.853. The van der Waals surface area contributed by atoms with Crippen LogP contribution in [-0.2, 0) is 6.18 Å². The molecular weight excluding hydrogens is 260 g/mol. The van der Waals surface area contributed by atoms with Crippen LogP contribution in [0.15, 0.2) is 42.5 Å². The summed E-state index contributed by atoms with van der Waals surface area (Å²) in [5, 5.41) is 0. The van der Waals surface area contributed by atoms with Gasteiger partial charge in [-0.1, -0.05) is 24.3 Å². The topological polar surface area (TPSA) is 9.23 Å². The van der Waals surface area contributed by atoms with Crippen LogP contribution in [0.3, 0.4) is 0 Å². The Morgan fingerprint density at radius 1 is 1.00 bits per heavy atom. The smallest absolute Gasteiger partial charge is 0.419 e. The minimum absolute atomic E-state index is 0.256. The fraction of sp³-hybridized carbons (Fsp3) is 0.143. The summed E-state index contributed by atoms with van der Waals surface area (Å²) in [5.41, 5.74) is -0.544. The van der Waals surface area contributed by atoms with Gasteiger partial charge in [0.2, 0.25) is 0 Å². The maximum Gasteiger partial charge on any atom is 0.419 e. The van der Waals surface area contributed by atoms with Crippen LogP contribution in [-0.4, -0.2) is 7.11 Å². The second kappa shape index (κ2) is 4.91. The highest BCUT2D eigenvalue weighted by Gasteiger charge is 2.34. The highest BCUT2D eigenvalue weighted by molar-refractivity contribution is 5.71. The summed E-state index contributed by atoms with van der Waals surface area (Å²) in [6.07, 6.45) is -4.72. The molecule has 0 saturated heterocycles. The van der Waals surface area contributed by atoms with E-state index in [4.69, 9.17) is 4.74 Å². The Hall–Kier alpha value is -2.04. The van der Waals surface area contributed by atoms with Crippen molar-refractivity contribution < 1.29 is 22.3 Å². The quantitative estimate of drug-likeness (QED) is 0.729. The molecule has 0 bridgehead atoms. The Morgan fingerprint density at radius 2 is 1.68 bits per heavy atom. The van der Waals surface area contributed by atoms with Crippen molar-refractivity contribution in [2.75, 3.05) is 7.11 Å². The van der Waals surface area contributed by atoms with Crippen LogP contribution >= 0.6 is 0 Å². The zero-order valence-electron chi connectivity index (χ0n) is 9.96. The highest BCUT2D eigenvalue weighted by Crippen LogP contribution is 2.36. The molecule has 0 aliphatic heterocycles. The van der Waals surface area contributed by atoms with Crippen molar-refractivity contribution in [2.24, 2.45) is 0 Å². The highest BCUT2D eigenvalue weighted by atomic mass is 19.4. The van der Waals surface area contributed by atoms with Crippen molar-refractivity contribution in [1.29, 1.82) is 0 Å². The molecule has 0 atom stereocenters. The molecule has 0 aliphatic rings. The van der Waals surface area contributed by atoms with Crippen LogP contribution in [0.2, 0.25) is 0 Å². The molecule has 1 nitrogen and oxygen atoms in total. The molecule has 0 heterocycles. The Balaban J connectivity index is 2.58. The minimum Gasteiger partial charge on any atom is -0.496 e. The molecule has 0 aromatic heterocycles. The molecule has 0 radical (unpaired) electrons. The maximum atomic E-state index is 13.2. The molecule has 0 amide bonds. The first-order valence-corrected chi connectivity index (χ1v) is 5.43. The van der Waals surface area contributed by atoms with E-state index in [0.29, 0.717) is 11.3 Å². The maximum absolute atomic E-state index is 13.2. The van der Waals surface area contributed by atoms with Gasteiger partial charge in [0.05, 0.1) is 12.7 Å². The third-order valence-corrected chi connectivity index (χ3v) is 2.69. The molecule has 5 heteroatoms. The Kier molecular flexibility index (Phi) is 3.46. The van der Waals surface area contributed by atoms with Gasteiger partial charge in [-0.05, 0) is 23.8 Å². The number of hydrogen-bond acceptors (Lipinski definition) is 1. The second-order valence-corrected chi connectivity index (χ2v) is 3.89. The van der Waals surface area contributed by atoms with E-state index in [2.05, 4.69) is 0 Å². The standard InChI is InChI=1S/C14H10F4O/c1-19-13-5-3-2-4-10(13)9-6-7-12(15)11(8-9)14(16,17)18/h2-8H,1H3. The third-order valence-electron chi connectivity index (χ3n) is 2.69. The number of para-hydroxylation sites is 1. The first-order valence-electron chi connectivity index (χ1n) is 5.43. The molecule has 0 N–H and O–H groups in total. The Morgan fingerprint density at radius 3 is 2.32 bits per heavy atom. The second-order valence-electron chi connectivity index (χ2n) is 3.89. The summed E-state index contributed by atoms with van der Waals surface area (Å²) in [7, 11) is 1.42. The predicted molar refractivity (Wildman–Crippen MR) is 63.4 cm³/mol. The molecule has 0 unspecified atom stereocenters. The average Bonchev–Trinajstić information content (AvgIpc) is 2.38. The van der Waals surface area contributed by atoms with Crippen LogP contribution in [0.25, 0.3) is 11.1 Å². The van der Waals surface area contributed by atoms with Crippen molar-refractivity contribution in [1.82, 2.24) is 0 Å². The SMILES string of the molecule is COc1ccccc1-c1ccc(F)c(C(F)(F)F)c1. The molecule has 100 valence electrons. The average molecular weight is 270 g/mol. The lowest BCUT2D eigenvalue weighted by atomic mass is 10.0. The van der Waals surface area contributed by atoms with Gasteiger partial charge in [-0.2, -0.15) is 13.2 Å². The van der Waals surface area contributed by atoms with Gasteiger partial charge in [-0.25, -0.2) is 4.39 Å². The van der Waals surface area contributed by atoms with Gasteiger partial charge in [0.25, 0.3) is 0 Å². The Labute approximate surface area is 107 Å². The molecular formula is C14H10F4O. The van der Waals surface area contributed by atoms with E-state index < -0.39 is 17.6 Å². The monoisotopic (exact) mass is 270 g/mol. The van der Waals surface area contributed by atoms with Gasteiger partial charge in [0.15, 0.2) is 0 Å². The summed E-state index contributed by atoms with van der Waals surface area (Å²) < 4.78 is 56.3. The number of rotatable bonds is 2. The minimum atomic E-state index is -4.72. The first kappa shape index (κ1) is 13.4. The number of ether oxygens (including phenoxy) is 1. The first-order chi connectivity index (χ1) is 8.93. The van der Waals surface area contributed by atoms with Crippen molar-refractivity contribution in [3.63, 3.8) is 0 Å². The van der Waals surface area contributed by atoms with Crippen LogP contribution in [0.4, 0.5) is 17.6 Å². The predicted octanol–water partition coefficient (Wildman–Crippen LogP) is 4.52. The number of benzene rings is 2. The van der Waals surface area contributed by atoms with Crippen molar-refractivity contribution >= 4 is 0 Å². The number of methoxy groups -OCH3 is 1. The molecule has 0 spiro atoms. The van der Waals surface area contributed by atoms with Gasteiger partial charge < -0.3 is 4.74 Å². The van der Waals surface area contributed by atoms with E-state index in [1.807, 2.05) is 0 Å². The van der Waals surface area contributed by atoms with Crippen LogP contribution in [0, 0.1) is 5.82 Å². The third kappa shape index (κ3) is 2.70. The molecule has 0 saturated carbocycles. The number of alkyl halides is 3. The van der Waals surface area contributed by atoms with Crippen LogP contribution in [0.5, 0.6) is 5.75 Å². The van der Waals surface area contributed by atoms with Crippen molar-refractivity contribution in [3.8, 4) is 16.9 Å². The zero-order chi connectivity index (χ0) is 14.0. The van der Waals surface area contributed by atoms with Gasteiger partial charge >= 0.3 is 6.18 Å². The summed E-state index contributed by atoms with van der Waals surface area (Å²) in [6, 6.07) is 9.52. The van der Waals surface area contributed by atoms with Gasteiger partial charge in [0.1, 0.15) is 11.6 Å². The summed E-state index contributed by atoms with van der Waals surface area (Å²) in [4.78, 5) is 0. The van der Waals surface area contributed by atoms with Gasteiger partial charge in [-0.3, -0.25) is 0 Å². The number of halogens is 4. The molecule has 0 aliphatic carbocycles. The van der Waals surface area contributed by atoms with E-state index in [9.17, 15) is 17.6 Å². The van der Waals surface area contributed by atoms with E-state index in [1.165, 1.54) is 13.2 Å². The summed E-state index contributed by atoms with van der Waals surface area (Å²) in [6.45, 7) is 0. The van der Waals surface area contributed by atoms with Crippen LogP contribution < -0.4 is 4.74 Å². The van der Waals surface area contributed by atoms with Crippen LogP contribution in [0.1, 0.15) is 5.56 Å². The number of hydrogen-bond donors (Lipinski definition) is 0. The molecule has 2 aromatic carbocycles. The fourth-order valence-corrected chi connectivity index (χ4v) is 1.79. The van der Waals surface area contributed by atoms with Crippen molar-refractivity contribution in [3.05, 3.63) is 53.8 Å². The van der Waals surface area contributed by atoms with E-state index in [0.717, 1.165) is 12.1 Å². The van der Waals surface area contributed by atoms with Crippen molar-refractivity contribution in [2.45, 2.75) is 6.18 Å². The Bertz CT molecular complexity index is 590. The lowest BCUT2D eigenvalue weighted by Gasteiger charge is -2.12. The molecule has 2 aromatic rings. The molecule has 19 heavy (non-hydrogen) atoms. The summed E-state index contributed by atoms with van der Waals surface area (Å²) >= 11 is 0. The lowest BCUT2D eigenvalue weighted by Crippen LogP contribution is -2.08. The van der Waals surface area contributed by atoms with Gasteiger partial charge in [0, 0.05) is 5.56 Å². The fourth-order valence-electron chi connectivity index (χ4n) is 1.79. The van der Waals surface area contributed by atoms with Gasteiger partial charge in [-0.15, -0.1) is 0 Å². The molecule has 2 rings (SSSR count). The van der Waals surface area contributed by atoms with E-state index in [-0.39, 0.29) is 5.56 Å². The van der Waals surface area contributed by atoms with E-state index in [1.54, 1.807) is 24.3 Å². The lowest BCUT2D eigenvalue weighted by molar-refractivity contribution is -0.139.